The molecule has 0 aromatic carbocycles. The van der Waals surface area contributed by atoms with Gasteiger partial charge in [-0.1, -0.05) is 0 Å². The topological polar surface area (TPSA) is 79.8 Å². The molecule has 0 spiro atoms. The number of amides is 1. The third-order valence-corrected chi connectivity index (χ3v) is 2.90. The van der Waals surface area contributed by atoms with Crippen molar-refractivity contribution >= 4 is 11.6 Å². The van der Waals surface area contributed by atoms with E-state index < -0.39 is 0 Å². The third kappa shape index (κ3) is 3.50. The minimum atomic E-state index is -0.156. The van der Waals surface area contributed by atoms with Crippen molar-refractivity contribution in [1.29, 1.82) is 0 Å². The van der Waals surface area contributed by atoms with Gasteiger partial charge >= 0.3 is 0 Å². The first kappa shape index (κ1) is 13.9. The van der Waals surface area contributed by atoms with Crippen molar-refractivity contribution in [3.05, 3.63) is 47.8 Å². The summed E-state index contributed by atoms with van der Waals surface area (Å²) in [5, 5.41) is 6.08. The molecule has 2 heterocycles. The first-order valence-electron chi connectivity index (χ1n) is 6.38. The number of rotatable bonds is 5. The number of carbonyl (C=O) groups excluding carboxylic acids is 1. The molecule has 20 heavy (non-hydrogen) atoms. The second kappa shape index (κ2) is 6.60. The summed E-state index contributed by atoms with van der Waals surface area (Å²) >= 11 is 0. The summed E-state index contributed by atoms with van der Waals surface area (Å²) < 4.78 is 0. The molecule has 2 N–H and O–H groups in total. The van der Waals surface area contributed by atoms with Crippen molar-refractivity contribution in [2.45, 2.75) is 13.8 Å². The van der Waals surface area contributed by atoms with Gasteiger partial charge in [0.05, 0.1) is 11.3 Å². The van der Waals surface area contributed by atoms with Crippen LogP contribution in [0.25, 0.3) is 0 Å². The van der Waals surface area contributed by atoms with Crippen LogP contribution in [-0.4, -0.2) is 33.9 Å². The second-order valence-electron chi connectivity index (χ2n) is 4.40. The van der Waals surface area contributed by atoms with E-state index in [0.29, 0.717) is 24.3 Å². The quantitative estimate of drug-likeness (QED) is 0.802. The van der Waals surface area contributed by atoms with Gasteiger partial charge in [0.2, 0.25) is 0 Å². The number of hydrogen-bond acceptors (Lipinski definition) is 5. The summed E-state index contributed by atoms with van der Waals surface area (Å²) in [6, 6.07) is 1.91. The molecule has 6 nitrogen and oxygen atoms in total. The van der Waals surface area contributed by atoms with Crippen LogP contribution in [0.4, 0.5) is 5.69 Å². The molecule has 0 unspecified atom stereocenters. The summed E-state index contributed by atoms with van der Waals surface area (Å²) in [5.41, 5.74) is 3.28. The second-order valence-corrected chi connectivity index (χ2v) is 4.40. The fraction of sp³-hybridized carbons (Fsp3) is 0.286. The number of pyridine rings is 1. The summed E-state index contributed by atoms with van der Waals surface area (Å²) in [6.45, 7) is 4.94. The van der Waals surface area contributed by atoms with E-state index in [0.717, 1.165) is 11.3 Å². The van der Waals surface area contributed by atoms with Gasteiger partial charge in [0, 0.05) is 37.4 Å². The average Bonchev–Trinajstić information content (AvgIpc) is 2.45. The molecule has 0 bridgehead atoms. The Labute approximate surface area is 117 Å². The Kier molecular flexibility index (Phi) is 4.60. The molecule has 6 heteroatoms. The summed E-state index contributed by atoms with van der Waals surface area (Å²) in [7, 11) is 0. The first-order valence-corrected chi connectivity index (χ1v) is 6.38. The van der Waals surface area contributed by atoms with Crippen molar-refractivity contribution in [2.24, 2.45) is 0 Å². The summed E-state index contributed by atoms with van der Waals surface area (Å²) in [5.74, 6) is -0.156. The number of anilines is 1. The molecular weight excluding hydrogens is 254 g/mol. The number of hydrogen-bond donors (Lipinski definition) is 2. The highest BCUT2D eigenvalue weighted by Gasteiger charge is 2.08. The van der Waals surface area contributed by atoms with E-state index in [2.05, 4.69) is 25.6 Å². The Bertz CT molecular complexity index is 600. The molecule has 2 aromatic heterocycles. The van der Waals surface area contributed by atoms with Gasteiger partial charge in [0.25, 0.3) is 5.91 Å². The summed E-state index contributed by atoms with van der Waals surface area (Å²) in [6.07, 6.45) is 6.49. The van der Waals surface area contributed by atoms with Gasteiger partial charge < -0.3 is 10.6 Å². The lowest BCUT2D eigenvalue weighted by atomic mass is 10.2. The van der Waals surface area contributed by atoms with E-state index in [4.69, 9.17) is 0 Å². The van der Waals surface area contributed by atoms with Crippen LogP contribution in [0.1, 0.15) is 21.6 Å². The molecule has 104 valence electrons. The van der Waals surface area contributed by atoms with Crippen molar-refractivity contribution in [3.63, 3.8) is 0 Å². The average molecular weight is 271 g/mol. The number of aryl methyl sites for hydroxylation is 2. The zero-order chi connectivity index (χ0) is 14.4. The Balaban J connectivity index is 1.81. The van der Waals surface area contributed by atoms with Gasteiger partial charge in [-0.05, 0) is 25.5 Å². The van der Waals surface area contributed by atoms with E-state index >= 15 is 0 Å². The van der Waals surface area contributed by atoms with Crippen LogP contribution >= 0.6 is 0 Å². The van der Waals surface area contributed by atoms with E-state index in [-0.39, 0.29) is 5.91 Å². The molecule has 0 saturated carbocycles. The van der Waals surface area contributed by atoms with Crippen LogP contribution in [0.3, 0.4) is 0 Å². The highest BCUT2D eigenvalue weighted by molar-refractivity contribution is 5.94. The van der Waals surface area contributed by atoms with Crippen molar-refractivity contribution in [3.8, 4) is 0 Å². The number of nitrogens with one attached hydrogen (secondary N) is 2. The van der Waals surface area contributed by atoms with Crippen LogP contribution in [0.5, 0.6) is 0 Å². The molecule has 2 rings (SSSR count). The molecule has 0 aliphatic heterocycles. The van der Waals surface area contributed by atoms with E-state index in [1.807, 2.05) is 13.0 Å². The SMILES string of the molecule is Cc1cnccc1NCCNC(=O)c1cncnc1C. The van der Waals surface area contributed by atoms with Gasteiger partial charge in [0.15, 0.2) is 0 Å². The van der Waals surface area contributed by atoms with Crippen LogP contribution in [-0.2, 0) is 0 Å². The predicted molar refractivity (Wildman–Crippen MR) is 76.6 cm³/mol. The molecular formula is C14H17N5O. The van der Waals surface area contributed by atoms with E-state index in [1.165, 1.54) is 12.5 Å². The maximum absolute atomic E-state index is 11.9. The molecule has 0 saturated heterocycles. The minimum absolute atomic E-state index is 0.156. The zero-order valence-electron chi connectivity index (χ0n) is 11.6. The van der Waals surface area contributed by atoms with Gasteiger partial charge in [0.1, 0.15) is 6.33 Å². The third-order valence-electron chi connectivity index (χ3n) is 2.90. The van der Waals surface area contributed by atoms with Gasteiger partial charge in [-0.3, -0.25) is 9.78 Å². The Morgan fingerprint density at radius 2 is 2.05 bits per heavy atom. The fourth-order valence-electron chi connectivity index (χ4n) is 1.75. The number of carbonyl (C=O) groups is 1. The first-order chi connectivity index (χ1) is 9.68. The Morgan fingerprint density at radius 1 is 1.20 bits per heavy atom. The highest BCUT2D eigenvalue weighted by atomic mass is 16.1. The van der Waals surface area contributed by atoms with E-state index in [1.54, 1.807) is 19.3 Å². The Hall–Kier alpha value is -2.50. The minimum Gasteiger partial charge on any atom is -0.383 e. The summed E-state index contributed by atoms with van der Waals surface area (Å²) in [4.78, 5) is 23.8. The van der Waals surface area contributed by atoms with Gasteiger partial charge in [-0.15, -0.1) is 0 Å². The maximum atomic E-state index is 11.9. The highest BCUT2D eigenvalue weighted by Crippen LogP contribution is 2.10. The molecule has 0 aliphatic carbocycles. The zero-order valence-corrected chi connectivity index (χ0v) is 11.6. The van der Waals surface area contributed by atoms with Crippen LogP contribution in [0, 0.1) is 13.8 Å². The molecule has 2 aromatic rings. The molecule has 0 aliphatic rings. The van der Waals surface area contributed by atoms with E-state index in [9.17, 15) is 4.79 Å². The van der Waals surface area contributed by atoms with Gasteiger partial charge in [-0.25, -0.2) is 9.97 Å². The maximum Gasteiger partial charge on any atom is 0.254 e. The lowest BCUT2D eigenvalue weighted by Gasteiger charge is -2.10. The van der Waals surface area contributed by atoms with Crippen LogP contribution < -0.4 is 10.6 Å². The number of nitrogens with zero attached hydrogens (tertiary/aromatic N) is 3. The lowest BCUT2D eigenvalue weighted by molar-refractivity contribution is 0.0953. The van der Waals surface area contributed by atoms with Crippen LogP contribution in [0.15, 0.2) is 31.0 Å². The molecule has 1 amide bonds. The molecule has 0 fully saturated rings. The normalized spacial score (nSPS) is 10.1. The lowest BCUT2D eigenvalue weighted by Crippen LogP contribution is -2.29. The monoisotopic (exact) mass is 271 g/mol. The van der Waals surface area contributed by atoms with Crippen molar-refractivity contribution in [1.82, 2.24) is 20.3 Å². The van der Waals surface area contributed by atoms with Crippen LogP contribution in [0.2, 0.25) is 0 Å². The predicted octanol–water partition coefficient (Wildman–Crippen LogP) is 1.33. The Morgan fingerprint density at radius 3 is 2.80 bits per heavy atom. The molecule has 0 atom stereocenters. The smallest absolute Gasteiger partial charge is 0.254 e. The standard InChI is InChI=1S/C14H17N5O/c1-10-7-15-4-3-13(10)17-5-6-18-14(20)12-8-16-9-19-11(12)2/h3-4,7-9H,5-6H2,1-2H3,(H,15,17)(H,18,20). The van der Waals surface area contributed by atoms with Crippen molar-refractivity contribution < 1.29 is 4.79 Å². The number of aromatic nitrogens is 3. The van der Waals surface area contributed by atoms with Gasteiger partial charge in [-0.2, -0.15) is 0 Å². The van der Waals surface area contributed by atoms with Crippen molar-refractivity contribution in [2.75, 3.05) is 18.4 Å². The molecule has 0 radical (unpaired) electrons. The largest absolute Gasteiger partial charge is 0.383 e. The fourth-order valence-corrected chi connectivity index (χ4v) is 1.75.